The Morgan fingerprint density at radius 1 is 1.33 bits per heavy atom. The lowest BCUT2D eigenvalue weighted by molar-refractivity contribution is 0.0771. The minimum atomic E-state index is -0.643. The number of aldehydes is 1. The number of likely N-dealkylation sites (tertiary alicyclic amines) is 1. The standard InChI is InChI=1S/C18H23FN4O/c19-15-10-21(11-15)6-2-5-17(14-3-1-4-14)22-7-8-23-16(13-24)9-20-18(23)12-22/h2,5,9,13,15H,1,3-4,6-8,10-12H2/b5-2+. The molecule has 0 aromatic carbocycles. The Bertz CT molecular complexity index is 681. The maximum atomic E-state index is 12.9. The summed E-state index contributed by atoms with van der Waals surface area (Å²) in [5.41, 5.74) is 3.48. The summed E-state index contributed by atoms with van der Waals surface area (Å²) in [7, 11) is 0. The molecule has 0 unspecified atom stereocenters. The van der Waals surface area contributed by atoms with Crippen LogP contribution in [0.2, 0.25) is 0 Å². The van der Waals surface area contributed by atoms with Gasteiger partial charge in [-0.1, -0.05) is 6.08 Å². The van der Waals surface area contributed by atoms with Gasteiger partial charge in [-0.3, -0.25) is 9.69 Å². The number of fused-ring (bicyclic) bond motifs is 1. The highest BCUT2D eigenvalue weighted by Gasteiger charge is 2.26. The lowest BCUT2D eigenvalue weighted by atomic mass is 9.89. The number of carbonyl (C=O) groups is 1. The normalized spacial score (nSPS) is 21.5. The number of carbonyl (C=O) groups excluding carboxylic acids is 1. The zero-order chi connectivity index (χ0) is 16.5. The topological polar surface area (TPSA) is 41.4 Å². The number of rotatable bonds is 5. The summed E-state index contributed by atoms with van der Waals surface area (Å²) in [6.45, 7) is 4.37. The van der Waals surface area contributed by atoms with E-state index in [0.717, 1.165) is 38.3 Å². The first kappa shape index (κ1) is 15.6. The third kappa shape index (κ3) is 2.90. The number of halogens is 1. The molecule has 5 nitrogen and oxygen atoms in total. The first-order chi connectivity index (χ1) is 11.7. The predicted molar refractivity (Wildman–Crippen MR) is 89.4 cm³/mol. The highest BCUT2D eigenvalue weighted by molar-refractivity contribution is 5.71. The maximum Gasteiger partial charge on any atom is 0.168 e. The van der Waals surface area contributed by atoms with E-state index in [-0.39, 0.29) is 0 Å². The minimum absolute atomic E-state index is 0.561. The minimum Gasteiger partial charge on any atom is -0.362 e. The van der Waals surface area contributed by atoms with E-state index >= 15 is 0 Å². The van der Waals surface area contributed by atoms with Crippen molar-refractivity contribution >= 4 is 6.29 Å². The predicted octanol–water partition coefficient (Wildman–Crippen LogP) is 2.16. The van der Waals surface area contributed by atoms with Crippen molar-refractivity contribution in [3.05, 3.63) is 41.1 Å². The number of hydrogen-bond acceptors (Lipinski definition) is 4. The van der Waals surface area contributed by atoms with E-state index in [2.05, 4.69) is 26.9 Å². The molecular weight excluding hydrogens is 307 g/mol. The summed E-state index contributed by atoms with van der Waals surface area (Å²) in [5.74, 6) is 0.956. The molecule has 2 aliphatic heterocycles. The van der Waals surface area contributed by atoms with Gasteiger partial charge in [0.1, 0.15) is 17.7 Å². The lowest BCUT2D eigenvalue weighted by Crippen LogP contribution is -2.48. The Kier molecular flexibility index (Phi) is 4.22. The second-order valence-electron chi connectivity index (χ2n) is 6.85. The molecule has 1 saturated carbocycles. The van der Waals surface area contributed by atoms with Crippen molar-refractivity contribution in [2.24, 2.45) is 0 Å². The smallest absolute Gasteiger partial charge is 0.168 e. The molecule has 1 aliphatic carbocycles. The number of alkyl halides is 1. The number of hydrogen-bond donors (Lipinski definition) is 0. The second-order valence-corrected chi connectivity index (χ2v) is 6.85. The molecule has 1 aromatic rings. The molecule has 1 aromatic heterocycles. The largest absolute Gasteiger partial charge is 0.362 e. The molecule has 4 rings (SSSR count). The average molecular weight is 330 g/mol. The van der Waals surface area contributed by atoms with E-state index in [1.165, 1.54) is 30.5 Å². The summed E-state index contributed by atoms with van der Waals surface area (Å²) < 4.78 is 14.9. The molecule has 0 atom stereocenters. The molecule has 3 heterocycles. The van der Waals surface area contributed by atoms with Crippen molar-refractivity contribution in [1.82, 2.24) is 19.4 Å². The Labute approximate surface area is 141 Å². The van der Waals surface area contributed by atoms with Crippen molar-refractivity contribution in [3.8, 4) is 0 Å². The van der Waals surface area contributed by atoms with Crippen LogP contribution in [0.3, 0.4) is 0 Å². The number of nitrogens with zero attached hydrogens (tertiary/aromatic N) is 4. The fourth-order valence-corrected chi connectivity index (χ4v) is 3.61. The molecule has 0 bridgehead atoms. The van der Waals surface area contributed by atoms with Gasteiger partial charge in [-0.2, -0.15) is 0 Å². The van der Waals surface area contributed by atoms with E-state index < -0.39 is 6.17 Å². The van der Waals surface area contributed by atoms with E-state index in [4.69, 9.17) is 0 Å². The van der Waals surface area contributed by atoms with Crippen molar-refractivity contribution < 1.29 is 9.18 Å². The maximum absolute atomic E-state index is 12.9. The Morgan fingerprint density at radius 3 is 2.83 bits per heavy atom. The van der Waals surface area contributed by atoms with Crippen LogP contribution in [0.15, 0.2) is 29.6 Å². The molecule has 0 spiro atoms. The Hall–Kier alpha value is -1.95. The number of imidazole rings is 1. The van der Waals surface area contributed by atoms with Crippen molar-refractivity contribution in [1.29, 1.82) is 0 Å². The van der Waals surface area contributed by atoms with Crippen LogP contribution in [-0.4, -0.2) is 58.0 Å². The third-order valence-corrected chi connectivity index (χ3v) is 5.23. The van der Waals surface area contributed by atoms with Gasteiger partial charge < -0.3 is 9.47 Å². The van der Waals surface area contributed by atoms with Crippen molar-refractivity contribution in [3.63, 3.8) is 0 Å². The Balaban J connectivity index is 1.46. The summed E-state index contributed by atoms with van der Waals surface area (Å²) >= 11 is 0. The molecule has 0 N–H and O–H groups in total. The van der Waals surface area contributed by atoms with Gasteiger partial charge >= 0.3 is 0 Å². The summed E-state index contributed by atoms with van der Waals surface area (Å²) in [6, 6.07) is 0. The highest BCUT2D eigenvalue weighted by atomic mass is 19.1. The quantitative estimate of drug-likeness (QED) is 0.776. The lowest BCUT2D eigenvalue weighted by Gasteiger charge is -2.35. The molecular formula is C18H23FN4O. The Morgan fingerprint density at radius 2 is 2.17 bits per heavy atom. The second kappa shape index (κ2) is 6.51. The van der Waals surface area contributed by atoms with Gasteiger partial charge in [0.2, 0.25) is 0 Å². The van der Waals surface area contributed by atoms with Crippen LogP contribution in [0.1, 0.15) is 35.6 Å². The average Bonchev–Trinajstić information content (AvgIpc) is 2.92. The van der Waals surface area contributed by atoms with Gasteiger partial charge in [0.25, 0.3) is 0 Å². The highest BCUT2D eigenvalue weighted by Crippen LogP contribution is 2.32. The van der Waals surface area contributed by atoms with Crippen molar-refractivity contribution in [2.75, 3.05) is 26.2 Å². The molecule has 1 saturated heterocycles. The van der Waals surface area contributed by atoms with Crippen molar-refractivity contribution in [2.45, 2.75) is 38.5 Å². The molecule has 128 valence electrons. The van der Waals surface area contributed by atoms with Crippen LogP contribution in [0.5, 0.6) is 0 Å². The molecule has 3 aliphatic rings. The van der Waals surface area contributed by atoms with E-state index in [1.807, 2.05) is 4.57 Å². The SMILES string of the molecule is O=Cc1cnc2n1CCN(C(/C=C/CN1CC(F)C1)=C1CCC1)C2. The fourth-order valence-electron chi connectivity index (χ4n) is 3.61. The first-order valence-corrected chi connectivity index (χ1v) is 8.74. The zero-order valence-corrected chi connectivity index (χ0v) is 13.8. The molecule has 2 fully saturated rings. The van der Waals surface area contributed by atoms with E-state index in [1.54, 1.807) is 6.20 Å². The number of aromatic nitrogens is 2. The van der Waals surface area contributed by atoms with Gasteiger partial charge in [0.15, 0.2) is 6.29 Å². The van der Waals surface area contributed by atoms with Gasteiger partial charge in [-0.05, 0) is 30.9 Å². The van der Waals surface area contributed by atoms with Gasteiger partial charge in [-0.25, -0.2) is 9.37 Å². The third-order valence-electron chi connectivity index (χ3n) is 5.23. The monoisotopic (exact) mass is 330 g/mol. The van der Waals surface area contributed by atoms with Crippen LogP contribution in [0.4, 0.5) is 4.39 Å². The molecule has 24 heavy (non-hydrogen) atoms. The molecule has 6 heteroatoms. The van der Waals surface area contributed by atoms with Crippen LogP contribution in [-0.2, 0) is 13.1 Å². The fraction of sp³-hybridized carbons (Fsp3) is 0.556. The zero-order valence-electron chi connectivity index (χ0n) is 13.8. The van der Waals surface area contributed by atoms with Crippen LogP contribution >= 0.6 is 0 Å². The summed E-state index contributed by atoms with van der Waals surface area (Å²) in [4.78, 5) is 19.9. The summed E-state index contributed by atoms with van der Waals surface area (Å²) in [6.07, 6.45) is 9.86. The molecule has 0 radical (unpaired) electrons. The number of allylic oxidation sites excluding steroid dienone is 2. The van der Waals surface area contributed by atoms with Gasteiger partial charge in [0, 0.05) is 38.4 Å². The van der Waals surface area contributed by atoms with Gasteiger partial charge in [0.05, 0.1) is 12.7 Å². The summed E-state index contributed by atoms with van der Waals surface area (Å²) in [5, 5.41) is 0. The van der Waals surface area contributed by atoms with Crippen LogP contribution in [0.25, 0.3) is 0 Å². The van der Waals surface area contributed by atoms with Gasteiger partial charge in [-0.15, -0.1) is 0 Å². The molecule has 0 amide bonds. The van der Waals surface area contributed by atoms with Crippen LogP contribution < -0.4 is 0 Å². The van der Waals surface area contributed by atoms with E-state index in [0.29, 0.717) is 18.8 Å². The first-order valence-electron chi connectivity index (χ1n) is 8.74. The van der Waals surface area contributed by atoms with Crippen LogP contribution in [0, 0.1) is 0 Å². The van der Waals surface area contributed by atoms with E-state index in [9.17, 15) is 9.18 Å².